The minimum atomic E-state index is -1.11. The molecule has 0 aliphatic heterocycles. The Kier molecular flexibility index (Phi) is 4.57. The van der Waals surface area contributed by atoms with Gasteiger partial charge in [-0.15, -0.1) is 5.10 Å². The van der Waals surface area contributed by atoms with Gasteiger partial charge in [0.05, 0.1) is 24.3 Å². The molecular formula is C12H12BrN3O4. The van der Waals surface area contributed by atoms with Crippen LogP contribution in [-0.4, -0.2) is 39.8 Å². The van der Waals surface area contributed by atoms with Gasteiger partial charge in [-0.05, 0) is 28.1 Å². The number of carbonyl (C=O) groups is 1. The molecule has 2 rings (SSSR count). The van der Waals surface area contributed by atoms with Crippen molar-refractivity contribution in [1.29, 1.82) is 0 Å². The van der Waals surface area contributed by atoms with E-state index in [0.29, 0.717) is 24.7 Å². The third kappa shape index (κ3) is 3.27. The summed E-state index contributed by atoms with van der Waals surface area (Å²) < 4.78 is 13.0. The van der Waals surface area contributed by atoms with Gasteiger partial charge < -0.3 is 14.6 Å². The number of methoxy groups -OCH3 is 1. The Morgan fingerprint density at radius 2 is 2.30 bits per heavy atom. The molecule has 106 valence electrons. The summed E-state index contributed by atoms with van der Waals surface area (Å²) in [6, 6.07) is 5.47. The molecule has 1 aromatic heterocycles. The average Bonchev–Trinajstić information content (AvgIpc) is 2.89. The maximum Gasteiger partial charge on any atom is 0.358 e. The van der Waals surface area contributed by atoms with Crippen LogP contribution >= 0.6 is 15.9 Å². The maximum absolute atomic E-state index is 10.7. The first kappa shape index (κ1) is 14.3. The molecule has 7 nitrogen and oxygen atoms in total. The first-order valence-electron chi connectivity index (χ1n) is 5.70. The molecule has 2 aromatic rings. The van der Waals surface area contributed by atoms with E-state index in [9.17, 15) is 4.79 Å². The van der Waals surface area contributed by atoms with Gasteiger partial charge in [-0.2, -0.15) is 0 Å². The SMILES string of the molecule is COc1cccc(Br)c1OCCn1cc(C(=O)O)nn1. The fourth-order valence-electron chi connectivity index (χ4n) is 1.54. The molecule has 0 unspecified atom stereocenters. The number of carboxylic acids is 1. The number of aromatic carboxylic acids is 1. The second-order valence-corrected chi connectivity index (χ2v) is 4.65. The summed E-state index contributed by atoms with van der Waals surface area (Å²) in [4.78, 5) is 10.7. The lowest BCUT2D eigenvalue weighted by molar-refractivity contribution is 0.0690. The highest BCUT2D eigenvalue weighted by molar-refractivity contribution is 9.10. The Bertz CT molecular complexity index is 614. The predicted molar refractivity (Wildman–Crippen MR) is 73.2 cm³/mol. The average molecular weight is 342 g/mol. The lowest BCUT2D eigenvalue weighted by Gasteiger charge is -2.11. The number of rotatable bonds is 6. The summed E-state index contributed by atoms with van der Waals surface area (Å²) in [6.07, 6.45) is 1.35. The third-order valence-corrected chi connectivity index (χ3v) is 3.10. The summed E-state index contributed by atoms with van der Waals surface area (Å²) in [5, 5.41) is 15.9. The molecule has 0 bridgehead atoms. The molecule has 0 spiro atoms. The standard InChI is InChI=1S/C12H12BrN3O4/c1-19-10-4-2-3-8(13)11(10)20-6-5-16-7-9(12(17)18)14-15-16/h2-4,7H,5-6H2,1H3,(H,17,18). The number of hydrogen-bond acceptors (Lipinski definition) is 5. The van der Waals surface area contributed by atoms with E-state index in [1.54, 1.807) is 13.2 Å². The molecule has 0 saturated carbocycles. The Balaban J connectivity index is 1.97. The molecule has 0 radical (unpaired) electrons. The summed E-state index contributed by atoms with van der Waals surface area (Å²) in [5.74, 6) is 0.0994. The fraction of sp³-hybridized carbons (Fsp3) is 0.250. The summed E-state index contributed by atoms with van der Waals surface area (Å²) in [5.41, 5.74) is -0.0940. The maximum atomic E-state index is 10.7. The van der Waals surface area contributed by atoms with Crippen molar-refractivity contribution in [3.05, 3.63) is 34.6 Å². The van der Waals surface area contributed by atoms with E-state index in [1.807, 2.05) is 12.1 Å². The van der Waals surface area contributed by atoms with Crippen LogP contribution in [0.2, 0.25) is 0 Å². The number of aromatic nitrogens is 3. The van der Waals surface area contributed by atoms with Gasteiger partial charge in [-0.3, -0.25) is 0 Å². The Hall–Kier alpha value is -2.09. The van der Waals surface area contributed by atoms with Gasteiger partial charge in [0, 0.05) is 0 Å². The third-order valence-electron chi connectivity index (χ3n) is 2.48. The van der Waals surface area contributed by atoms with Crippen LogP contribution in [0.25, 0.3) is 0 Å². The molecule has 1 heterocycles. The van der Waals surface area contributed by atoms with Crippen molar-refractivity contribution < 1.29 is 19.4 Å². The van der Waals surface area contributed by atoms with Gasteiger partial charge >= 0.3 is 5.97 Å². The Morgan fingerprint density at radius 1 is 1.50 bits per heavy atom. The normalized spacial score (nSPS) is 10.3. The zero-order chi connectivity index (χ0) is 14.5. The molecule has 0 saturated heterocycles. The number of halogens is 1. The van der Waals surface area contributed by atoms with Gasteiger partial charge in [-0.25, -0.2) is 9.48 Å². The van der Waals surface area contributed by atoms with Crippen molar-refractivity contribution in [2.45, 2.75) is 6.54 Å². The number of para-hydroxylation sites is 1. The molecule has 0 atom stereocenters. The summed E-state index contributed by atoms with van der Waals surface area (Å²) >= 11 is 3.38. The topological polar surface area (TPSA) is 86.5 Å². The fourth-order valence-corrected chi connectivity index (χ4v) is 2.00. The number of carboxylic acid groups (broad SMARTS) is 1. The second kappa shape index (κ2) is 6.38. The minimum Gasteiger partial charge on any atom is -0.493 e. The number of hydrogen-bond donors (Lipinski definition) is 1. The van der Waals surface area contributed by atoms with Crippen molar-refractivity contribution in [3.8, 4) is 11.5 Å². The molecule has 20 heavy (non-hydrogen) atoms. The van der Waals surface area contributed by atoms with Crippen LogP contribution in [0.1, 0.15) is 10.5 Å². The largest absolute Gasteiger partial charge is 0.493 e. The number of ether oxygens (including phenoxy) is 2. The van der Waals surface area contributed by atoms with Crippen LogP contribution in [0.4, 0.5) is 0 Å². The minimum absolute atomic E-state index is 0.0940. The van der Waals surface area contributed by atoms with Crippen LogP contribution in [-0.2, 0) is 6.54 Å². The van der Waals surface area contributed by atoms with E-state index in [1.165, 1.54) is 10.9 Å². The molecule has 8 heteroatoms. The van der Waals surface area contributed by atoms with E-state index in [-0.39, 0.29) is 5.69 Å². The zero-order valence-corrected chi connectivity index (χ0v) is 12.2. The van der Waals surface area contributed by atoms with E-state index in [2.05, 4.69) is 26.2 Å². The Labute approximate surface area is 123 Å². The van der Waals surface area contributed by atoms with Crippen LogP contribution in [0.15, 0.2) is 28.9 Å². The molecule has 0 fully saturated rings. The monoisotopic (exact) mass is 341 g/mol. The number of benzene rings is 1. The van der Waals surface area contributed by atoms with E-state index < -0.39 is 5.97 Å². The van der Waals surface area contributed by atoms with Crippen LogP contribution in [0.3, 0.4) is 0 Å². The lowest BCUT2D eigenvalue weighted by atomic mass is 10.3. The molecule has 1 aromatic carbocycles. The molecule has 0 amide bonds. The van der Waals surface area contributed by atoms with E-state index in [4.69, 9.17) is 14.6 Å². The lowest BCUT2D eigenvalue weighted by Crippen LogP contribution is -2.09. The van der Waals surface area contributed by atoms with Gasteiger partial charge in [0.25, 0.3) is 0 Å². The van der Waals surface area contributed by atoms with Crippen molar-refractivity contribution in [3.63, 3.8) is 0 Å². The van der Waals surface area contributed by atoms with Gasteiger partial charge in [0.2, 0.25) is 0 Å². The van der Waals surface area contributed by atoms with Gasteiger partial charge in [0.15, 0.2) is 17.2 Å². The first-order chi connectivity index (χ1) is 9.61. The van der Waals surface area contributed by atoms with Crippen molar-refractivity contribution in [2.75, 3.05) is 13.7 Å². The highest BCUT2D eigenvalue weighted by atomic mass is 79.9. The second-order valence-electron chi connectivity index (χ2n) is 3.79. The van der Waals surface area contributed by atoms with Crippen LogP contribution < -0.4 is 9.47 Å². The smallest absolute Gasteiger partial charge is 0.358 e. The highest BCUT2D eigenvalue weighted by Gasteiger charge is 2.10. The quantitative estimate of drug-likeness (QED) is 0.862. The van der Waals surface area contributed by atoms with Gasteiger partial charge in [-0.1, -0.05) is 11.3 Å². The van der Waals surface area contributed by atoms with Crippen molar-refractivity contribution in [2.24, 2.45) is 0 Å². The summed E-state index contributed by atoms with van der Waals surface area (Å²) in [6.45, 7) is 0.687. The molecular weight excluding hydrogens is 330 g/mol. The predicted octanol–water partition coefficient (Wildman–Crippen LogP) is 1.83. The van der Waals surface area contributed by atoms with Crippen LogP contribution in [0.5, 0.6) is 11.5 Å². The van der Waals surface area contributed by atoms with Crippen molar-refractivity contribution in [1.82, 2.24) is 15.0 Å². The summed E-state index contributed by atoms with van der Waals surface area (Å²) in [7, 11) is 1.56. The highest BCUT2D eigenvalue weighted by Crippen LogP contribution is 2.34. The molecule has 0 aliphatic rings. The molecule has 0 aliphatic carbocycles. The van der Waals surface area contributed by atoms with E-state index >= 15 is 0 Å². The molecule has 1 N–H and O–H groups in total. The zero-order valence-electron chi connectivity index (χ0n) is 10.6. The van der Waals surface area contributed by atoms with Crippen molar-refractivity contribution >= 4 is 21.9 Å². The van der Waals surface area contributed by atoms with Gasteiger partial charge in [0.1, 0.15) is 6.61 Å². The van der Waals surface area contributed by atoms with Crippen LogP contribution in [0, 0.1) is 0 Å². The first-order valence-corrected chi connectivity index (χ1v) is 6.50. The number of nitrogens with zero attached hydrogens (tertiary/aromatic N) is 3. The Morgan fingerprint density at radius 3 is 2.95 bits per heavy atom. The van der Waals surface area contributed by atoms with E-state index in [0.717, 1.165) is 4.47 Å².